The van der Waals surface area contributed by atoms with Gasteiger partial charge in [-0.2, -0.15) is 0 Å². The molecule has 0 aliphatic rings. The second-order valence-electron chi connectivity index (χ2n) is 5.31. The Morgan fingerprint density at radius 2 is 2.05 bits per heavy atom. The van der Waals surface area contributed by atoms with Crippen LogP contribution in [-0.4, -0.2) is 31.2 Å². The number of thiophene rings is 1. The van der Waals surface area contributed by atoms with Crippen LogP contribution in [0.1, 0.15) is 41.7 Å². The van der Waals surface area contributed by atoms with Crippen molar-refractivity contribution in [1.82, 2.24) is 10.6 Å². The van der Waals surface area contributed by atoms with Crippen molar-refractivity contribution in [3.63, 3.8) is 0 Å². The highest BCUT2D eigenvalue weighted by Gasteiger charge is 2.16. The Balaban J connectivity index is 2.52. The summed E-state index contributed by atoms with van der Waals surface area (Å²) >= 11 is 1.46. The molecule has 21 heavy (non-hydrogen) atoms. The van der Waals surface area contributed by atoms with Crippen molar-refractivity contribution in [3.8, 4) is 0 Å². The van der Waals surface area contributed by atoms with Crippen LogP contribution in [0.5, 0.6) is 0 Å². The van der Waals surface area contributed by atoms with Crippen LogP contribution in [0.2, 0.25) is 0 Å². The quantitative estimate of drug-likeness (QED) is 0.813. The van der Waals surface area contributed by atoms with Gasteiger partial charge in [0.15, 0.2) is 0 Å². The Hall–Kier alpha value is -1.56. The number of carbonyl (C=O) groups excluding carboxylic acids is 2. The first-order chi connectivity index (χ1) is 9.92. The van der Waals surface area contributed by atoms with Gasteiger partial charge in [0.1, 0.15) is 0 Å². The number of amides is 2. The van der Waals surface area contributed by atoms with Crippen LogP contribution in [0, 0.1) is 12.8 Å². The third kappa shape index (κ3) is 6.62. The molecule has 0 fully saturated rings. The highest BCUT2D eigenvalue weighted by Crippen LogP contribution is 2.14. The molecule has 1 aromatic heterocycles. The second kappa shape index (κ2) is 8.67. The van der Waals surface area contributed by atoms with Crippen molar-refractivity contribution in [1.29, 1.82) is 0 Å². The number of aryl methyl sites for hydroxylation is 1. The molecule has 2 amide bonds. The standard InChI is InChI=1S/C15H24N2O3S/c1-5-20-15(19)17-12(8-10(2)3)9-16-14(18)13-7-6-11(4)21-13/h6-7,10,12H,5,8-9H2,1-4H3,(H,16,18)(H,17,19). The average molecular weight is 312 g/mol. The zero-order chi connectivity index (χ0) is 15.8. The average Bonchev–Trinajstić information content (AvgIpc) is 2.82. The minimum Gasteiger partial charge on any atom is -0.450 e. The molecule has 6 heteroatoms. The van der Waals surface area contributed by atoms with Crippen LogP contribution >= 0.6 is 11.3 Å². The molecule has 0 saturated heterocycles. The topological polar surface area (TPSA) is 67.4 Å². The molecule has 0 saturated carbocycles. The summed E-state index contributed by atoms with van der Waals surface area (Å²) in [6.07, 6.45) is 0.340. The van der Waals surface area contributed by atoms with E-state index in [0.717, 1.165) is 11.3 Å². The van der Waals surface area contributed by atoms with E-state index in [1.165, 1.54) is 11.3 Å². The molecule has 1 atom stereocenters. The lowest BCUT2D eigenvalue weighted by Crippen LogP contribution is -2.44. The Morgan fingerprint density at radius 3 is 2.57 bits per heavy atom. The van der Waals surface area contributed by atoms with Gasteiger partial charge < -0.3 is 15.4 Å². The number of ether oxygens (including phenoxy) is 1. The maximum atomic E-state index is 12.0. The molecule has 1 aromatic rings. The van der Waals surface area contributed by atoms with E-state index in [9.17, 15) is 9.59 Å². The van der Waals surface area contributed by atoms with E-state index >= 15 is 0 Å². The Bertz CT molecular complexity index is 471. The molecule has 118 valence electrons. The zero-order valence-electron chi connectivity index (χ0n) is 13.1. The molecule has 0 spiro atoms. The van der Waals surface area contributed by atoms with Gasteiger partial charge in [0.25, 0.3) is 5.91 Å². The van der Waals surface area contributed by atoms with Crippen molar-refractivity contribution < 1.29 is 14.3 Å². The number of hydrogen-bond acceptors (Lipinski definition) is 4. The molecular weight excluding hydrogens is 288 g/mol. The molecule has 0 radical (unpaired) electrons. The normalized spacial score (nSPS) is 12.0. The molecular formula is C15H24N2O3S. The molecule has 1 rings (SSSR count). The molecule has 0 bridgehead atoms. The number of carbonyl (C=O) groups is 2. The van der Waals surface area contributed by atoms with Gasteiger partial charge in [-0.15, -0.1) is 11.3 Å². The van der Waals surface area contributed by atoms with Gasteiger partial charge in [-0.1, -0.05) is 13.8 Å². The highest BCUT2D eigenvalue weighted by atomic mass is 32.1. The van der Waals surface area contributed by atoms with Crippen molar-refractivity contribution in [2.24, 2.45) is 5.92 Å². The maximum Gasteiger partial charge on any atom is 0.407 e. The van der Waals surface area contributed by atoms with Gasteiger partial charge in [0, 0.05) is 17.5 Å². The highest BCUT2D eigenvalue weighted by molar-refractivity contribution is 7.13. The summed E-state index contributed by atoms with van der Waals surface area (Å²) in [5.74, 6) is 0.310. The second-order valence-corrected chi connectivity index (χ2v) is 6.60. The van der Waals surface area contributed by atoms with Gasteiger partial charge >= 0.3 is 6.09 Å². The van der Waals surface area contributed by atoms with Gasteiger partial charge in [0.2, 0.25) is 0 Å². The third-order valence-electron chi connectivity index (χ3n) is 2.83. The van der Waals surface area contributed by atoms with E-state index in [0.29, 0.717) is 23.9 Å². The smallest absolute Gasteiger partial charge is 0.407 e. The van der Waals surface area contributed by atoms with Crippen LogP contribution in [0.25, 0.3) is 0 Å². The van der Waals surface area contributed by atoms with Crippen LogP contribution in [0.3, 0.4) is 0 Å². The lowest BCUT2D eigenvalue weighted by atomic mass is 10.0. The summed E-state index contributed by atoms with van der Waals surface area (Å²) in [5.41, 5.74) is 0. The summed E-state index contributed by atoms with van der Waals surface area (Å²) in [6, 6.07) is 3.60. The monoisotopic (exact) mass is 312 g/mol. The van der Waals surface area contributed by atoms with Gasteiger partial charge in [0.05, 0.1) is 11.5 Å². The Labute approximate surface area is 130 Å². The van der Waals surface area contributed by atoms with Crippen molar-refractivity contribution >= 4 is 23.3 Å². The fourth-order valence-electron chi connectivity index (χ4n) is 1.96. The summed E-state index contributed by atoms with van der Waals surface area (Å²) in [7, 11) is 0. The van der Waals surface area contributed by atoms with E-state index in [-0.39, 0.29) is 11.9 Å². The summed E-state index contributed by atoms with van der Waals surface area (Å²) in [5, 5.41) is 5.66. The van der Waals surface area contributed by atoms with Gasteiger partial charge in [-0.05, 0) is 38.3 Å². The van der Waals surface area contributed by atoms with Crippen LogP contribution < -0.4 is 10.6 Å². The van der Waals surface area contributed by atoms with E-state index < -0.39 is 6.09 Å². The number of rotatable bonds is 7. The number of nitrogens with one attached hydrogen (secondary N) is 2. The first-order valence-corrected chi connectivity index (χ1v) is 8.02. The van der Waals surface area contributed by atoms with E-state index in [1.54, 1.807) is 6.92 Å². The predicted octanol–water partition coefficient (Wildman–Crippen LogP) is 2.95. The van der Waals surface area contributed by atoms with Gasteiger partial charge in [-0.3, -0.25) is 4.79 Å². The fourth-order valence-corrected chi connectivity index (χ4v) is 2.75. The van der Waals surface area contributed by atoms with Crippen molar-refractivity contribution in [3.05, 3.63) is 21.9 Å². The molecule has 0 aliphatic carbocycles. The lowest BCUT2D eigenvalue weighted by Gasteiger charge is -2.20. The van der Waals surface area contributed by atoms with E-state index in [2.05, 4.69) is 24.5 Å². The first-order valence-electron chi connectivity index (χ1n) is 7.20. The van der Waals surface area contributed by atoms with Crippen molar-refractivity contribution in [2.75, 3.05) is 13.2 Å². The first kappa shape index (κ1) is 17.5. The molecule has 0 aliphatic heterocycles. The van der Waals surface area contributed by atoms with Gasteiger partial charge in [-0.25, -0.2) is 4.79 Å². The summed E-state index contributed by atoms with van der Waals surface area (Å²) < 4.78 is 4.89. The number of alkyl carbamates (subject to hydrolysis) is 1. The largest absolute Gasteiger partial charge is 0.450 e. The molecule has 1 heterocycles. The Morgan fingerprint density at radius 1 is 1.33 bits per heavy atom. The predicted molar refractivity (Wildman–Crippen MR) is 84.8 cm³/mol. The third-order valence-corrected chi connectivity index (χ3v) is 3.83. The maximum absolute atomic E-state index is 12.0. The molecule has 1 unspecified atom stereocenters. The van der Waals surface area contributed by atoms with Crippen LogP contribution in [0.15, 0.2) is 12.1 Å². The molecule has 2 N–H and O–H groups in total. The van der Waals surface area contributed by atoms with E-state index in [4.69, 9.17) is 4.74 Å². The molecule has 5 nitrogen and oxygen atoms in total. The zero-order valence-corrected chi connectivity index (χ0v) is 13.9. The van der Waals surface area contributed by atoms with Crippen LogP contribution in [0.4, 0.5) is 4.79 Å². The number of hydrogen-bond donors (Lipinski definition) is 2. The minimum atomic E-state index is -0.440. The van der Waals surface area contributed by atoms with Crippen LogP contribution in [-0.2, 0) is 4.74 Å². The summed E-state index contributed by atoms with van der Waals surface area (Å²) in [4.78, 5) is 25.3. The summed E-state index contributed by atoms with van der Waals surface area (Å²) in [6.45, 7) is 8.60. The fraction of sp³-hybridized carbons (Fsp3) is 0.600. The lowest BCUT2D eigenvalue weighted by molar-refractivity contribution is 0.0948. The minimum absolute atomic E-state index is 0.104. The Kier molecular flexibility index (Phi) is 7.22. The molecule has 0 aromatic carbocycles. The SMILES string of the molecule is CCOC(=O)NC(CNC(=O)c1ccc(C)s1)CC(C)C. The van der Waals surface area contributed by atoms with E-state index in [1.807, 2.05) is 19.1 Å². The van der Waals surface area contributed by atoms with Crippen molar-refractivity contribution in [2.45, 2.75) is 40.2 Å².